The van der Waals surface area contributed by atoms with Gasteiger partial charge < -0.3 is 10.2 Å². The highest BCUT2D eigenvalue weighted by Crippen LogP contribution is 2.39. The zero-order valence-corrected chi connectivity index (χ0v) is 16.5. The number of hydrogen-bond donors (Lipinski definition) is 2. The molecule has 7 nitrogen and oxygen atoms in total. The van der Waals surface area contributed by atoms with Crippen LogP contribution in [0.1, 0.15) is 24.0 Å². The molecule has 0 bridgehead atoms. The lowest BCUT2D eigenvalue weighted by Crippen LogP contribution is -3.16. The topological polar surface area (TPSA) is 71.2 Å². The minimum atomic E-state index is -0.869. The first-order valence-electron chi connectivity index (χ1n) is 10.5. The van der Waals surface area contributed by atoms with Crippen LogP contribution in [0.4, 0.5) is 10.6 Å². The Morgan fingerprint density at radius 1 is 1.07 bits per heavy atom. The largest absolute Gasteiger partial charge is 0.329 e. The fourth-order valence-corrected chi connectivity index (χ4v) is 4.98. The molecule has 1 aliphatic carbocycles. The van der Waals surface area contributed by atoms with Crippen molar-refractivity contribution in [1.82, 2.24) is 10.2 Å². The zero-order valence-electron chi connectivity index (χ0n) is 16.5. The first kappa shape index (κ1) is 18.1. The second kappa shape index (κ2) is 7.15. The summed E-state index contributed by atoms with van der Waals surface area (Å²) in [6, 6.07) is 13.9. The Morgan fingerprint density at radius 3 is 2.66 bits per heavy atom. The number of aromatic amines is 1. The minimum Gasteiger partial charge on any atom is -0.319 e. The summed E-state index contributed by atoms with van der Waals surface area (Å²) in [6.45, 7) is 4.01. The average Bonchev–Trinajstić information content (AvgIpc) is 3.00. The predicted octanol–water partition coefficient (Wildman–Crippen LogP) is -0.0533. The number of aryl methyl sites for hydroxylation is 1. The van der Waals surface area contributed by atoms with Crippen LogP contribution in [-0.2, 0) is 16.8 Å². The van der Waals surface area contributed by atoms with E-state index in [1.54, 1.807) is 0 Å². The van der Waals surface area contributed by atoms with Crippen LogP contribution in [0.2, 0.25) is 0 Å². The van der Waals surface area contributed by atoms with Crippen molar-refractivity contribution < 1.29 is 19.5 Å². The Bertz CT molecular complexity index is 926. The van der Waals surface area contributed by atoms with Gasteiger partial charge in [0.25, 0.3) is 11.7 Å². The van der Waals surface area contributed by atoms with E-state index in [4.69, 9.17) is 0 Å². The Morgan fingerprint density at radius 2 is 1.86 bits per heavy atom. The van der Waals surface area contributed by atoms with Crippen molar-refractivity contribution in [2.75, 3.05) is 37.7 Å². The van der Waals surface area contributed by atoms with E-state index < -0.39 is 5.54 Å². The maximum atomic E-state index is 13.4. The molecule has 1 atom stereocenters. The summed E-state index contributed by atoms with van der Waals surface area (Å²) in [4.78, 5) is 34.5. The number of nitrogens with one attached hydrogen (secondary N) is 3. The molecule has 3 N–H and O–H groups in total. The number of piperazine rings is 1. The number of nitrogens with zero attached hydrogens (tertiary/aromatic N) is 2. The Labute approximate surface area is 170 Å². The van der Waals surface area contributed by atoms with Crippen LogP contribution in [-0.4, -0.2) is 49.7 Å². The molecular weight excluding hydrogens is 366 g/mol. The monoisotopic (exact) mass is 393 g/mol. The van der Waals surface area contributed by atoms with Crippen molar-refractivity contribution >= 4 is 17.8 Å². The van der Waals surface area contributed by atoms with Crippen molar-refractivity contribution in [3.8, 4) is 0 Å². The van der Waals surface area contributed by atoms with Gasteiger partial charge in [-0.25, -0.2) is 14.7 Å². The summed E-state index contributed by atoms with van der Waals surface area (Å²) in [5.74, 6) is 1.03. The van der Waals surface area contributed by atoms with Crippen LogP contribution in [0.5, 0.6) is 0 Å². The molecule has 0 radical (unpaired) electrons. The van der Waals surface area contributed by atoms with Gasteiger partial charge in [0.1, 0.15) is 31.7 Å². The number of carbonyl (C=O) groups is 2. The SMILES string of the molecule is O=C1N[C@@]2(CCCc3ccccc32)C(=O)N1C[NH+]1CCN(c2cccc[nH+]2)CC1. The number of urea groups is 1. The second-order valence-corrected chi connectivity index (χ2v) is 8.22. The molecule has 3 aliphatic rings. The number of hydrogen-bond acceptors (Lipinski definition) is 3. The van der Waals surface area contributed by atoms with Gasteiger partial charge in [-0.2, -0.15) is 0 Å². The molecule has 0 saturated carbocycles. The van der Waals surface area contributed by atoms with E-state index in [9.17, 15) is 9.59 Å². The van der Waals surface area contributed by atoms with Crippen LogP contribution in [0.15, 0.2) is 48.7 Å². The third-order valence-electron chi connectivity index (χ3n) is 6.54. The Kier molecular flexibility index (Phi) is 4.47. The number of amides is 3. The number of imide groups is 1. The Hall–Kier alpha value is -2.93. The van der Waals surface area contributed by atoms with E-state index in [0.717, 1.165) is 50.4 Å². The van der Waals surface area contributed by atoms with Gasteiger partial charge in [0.05, 0.1) is 6.20 Å². The van der Waals surface area contributed by atoms with Crippen molar-refractivity contribution in [1.29, 1.82) is 0 Å². The van der Waals surface area contributed by atoms with Crippen molar-refractivity contribution in [3.05, 3.63) is 59.8 Å². The number of benzene rings is 1. The number of rotatable bonds is 3. The molecule has 5 rings (SSSR count). The number of H-pyrrole nitrogens is 1. The van der Waals surface area contributed by atoms with Crippen LogP contribution in [0, 0.1) is 0 Å². The second-order valence-electron chi connectivity index (χ2n) is 8.22. The first-order valence-corrected chi connectivity index (χ1v) is 10.5. The fourth-order valence-electron chi connectivity index (χ4n) is 4.98. The smallest absolute Gasteiger partial charge is 0.319 e. The number of carbonyl (C=O) groups excluding carboxylic acids is 2. The number of quaternary nitrogens is 1. The van der Waals surface area contributed by atoms with Gasteiger partial charge in [0, 0.05) is 6.07 Å². The van der Waals surface area contributed by atoms with Crippen molar-refractivity contribution in [2.24, 2.45) is 0 Å². The Balaban J connectivity index is 1.29. The molecule has 1 spiro atoms. The molecule has 29 heavy (non-hydrogen) atoms. The predicted molar refractivity (Wildman–Crippen MR) is 107 cm³/mol. The lowest BCUT2D eigenvalue weighted by molar-refractivity contribution is -0.908. The normalized spacial score (nSPS) is 24.7. The zero-order chi connectivity index (χ0) is 19.8. The summed E-state index contributed by atoms with van der Waals surface area (Å²) in [5.41, 5.74) is 1.28. The third-order valence-corrected chi connectivity index (χ3v) is 6.54. The molecule has 150 valence electrons. The molecule has 2 fully saturated rings. The van der Waals surface area contributed by atoms with E-state index in [2.05, 4.69) is 27.3 Å². The molecule has 1 aromatic carbocycles. The highest BCUT2D eigenvalue weighted by molar-refractivity contribution is 6.07. The maximum Gasteiger partial charge on any atom is 0.329 e. The quantitative estimate of drug-likeness (QED) is 0.719. The van der Waals surface area contributed by atoms with Crippen molar-refractivity contribution in [3.63, 3.8) is 0 Å². The van der Waals surface area contributed by atoms with Gasteiger partial charge in [-0.3, -0.25) is 9.69 Å². The third kappa shape index (κ3) is 3.06. The molecule has 2 saturated heterocycles. The summed E-state index contributed by atoms with van der Waals surface area (Å²) < 4.78 is 0. The fraction of sp³-hybridized carbons (Fsp3) is 0.409. The average molecular weight is 393 g/mol. The maximum absolute atomic E-state index is 13.4. The standard InChI is InChI=1S/C22H25N5O2/c28-20-22(10-5-7-17-6-1-2-8-18(17)22)24-21(29)27(20)16-25-12-14-26(15-13-25)19-9-3-4-11-23-19/h1-4,6,8-9,11H,5,7,10,12-16H2,(H,24,29)/p+2/t22-/m1/s1. The first-order chi connectivity index (χ1) is 14.2. The van der Waals surface area contributed by atoms with E-state index >= 15 is 0 Å². The van der Waals surface area contributed by atoms with Crippen LogP contribution >= 0.6 is 0 Å². The number of pyridine rings is 1. The van der Waals surface area contributed by atoms with E-state index in [1.165, 1.54) is 15.4 Å². The highest BCUT2D eigenvalue weighted by Gasteiger charge is 2.54. The summed E-state index contributed by atoms with van der Waals surface area (Å²) in [7, 11) is 0. The number of anilines is 1. The van der Waals surface area contributed by atoms with Gasteiger partial charge in [0.2, 0.25) is 0 Å². The van der Waals surface area contributed by atoms with E-state index in [-0.39, 0.29) is 11.9 Å². The summed E-state index contributed by atoms with van der Waals surface area (Å²) in [6.07, 6.45) is 4.49. The van der Waals surface area contributed by atoms with Gasteiger partial charge in [-0.05, 0) is 36.5 Å². The molecule has 0 unspecified atom stereocenters. The molecule has 3 amide bonds. The van der Waals surface area contributed by atoms with Crippen LogP contribution in [0.3, 0.4) is 0 Å². The number of aromatic nitrogens is 1. The molecule has 1 aromatic heterocycles. The lowest BCUT2D eigenvalue weighted by Gasteiger charge is -2.34. The number of fused-ring (bicyclic) bond motifs is 2. The van der Waals surface area contributed by atoms with Gasteiger partial charge in [-0.15, -0.1) is 0 Å². The van der Waals surface area contributed by atoms with Crippen molar-refractivity contribution in [2.45, 2.75) is 24.8 Å². The van der Waals surface area contributed by atoms with Gasteiger partial charge in [0.15, 0.2) is 6.67 Å². The van der Waals surface area contributed by atoms with Gasteiger partial charge >= 0.3 is 6.03 Å². The molecule has 2 aromatic rings. The van der Waals surface area contributed by atoms with E-state index in [1.807, 2.05) is 36.5 Å². The molecule has 7 heteroatoms. The van der Waals surface area contributed by atoms with Crippen LogP contribution in [0.25, 0.3) is 0 Å². The molecule has 3 heterocycles. The van der Waals surface area contributed by atoms with E-state index in [0.29, 0.717) is 13.1 Å². The molecular formula is C22H27N5O2+2. The minimum absolute atomic E-state index is 0.0824. The lowest BCUT2D eigenvalue weighted by atomic mass is 9.76. The van der Waals surface area contributed by atoms with Crippen LogP contribution < -0.4 is 20.1 Å². The molecule has 2 aliphatic heterocycles. The summed E-state index contributed by atoms with van der Waals surface area (Å²) >= 11 is 0. The highest BCUT2D eigenvalue weighted by atomic mass is 16.2. The summed E-state index contributed by atoms with van der Waals surface area (Å²) in [5, 5.41) is 3.06. The van der Waals surface area contributed by atoms with Gasteiger partial charge in [-0.1, -0.05) is 30.3 Å².